The lowest BCUT2D eigenvalue weighted by Gasteiger charge is -1.91. The largest absolute Gasteiger partial charge is 0.396 e. The summed E-state index contributed by atoms with van der Waals surface area (Å²) in [7, 11) is 0. The highest BCUT2D eigenvalue weighted by Crippen LogP contribution is 2.26. The van der Waals surface area contributed by atoms with Gasteiger partial charge in [0.05, 0.1) is 5.69 Å². The summed E-state index contributed by atoms with van der Waals surface area (Å²) in [5, 5.41) is 9.60. The molecule has 1 aromatic carbocycles. The average Bonchev–Trinajstić information content (AvgIpc) is 2.44. The zero-order chi connectivity index (χ0) is 9.42. The second-order valence-electron chi connectivity index (χ2n) is 2.72. The minimum absolute atomic E-state index is 0.424. The molecule has 0 saturated heterocycles. The van der Waals surface area contributed by atoms with Crippen molar-refractivity contribution in [3.05, 3.63) is 28.4 Å². The topological polar surface area (TPSA) is 65.6 Å². The molecule has 0 aliphatic carbocycles. The number of aromatic amines is 1. The van der Waals surface area contributed by atoms with Crippen LogP contribution in [0.5, 0.6) is 0 Å². The molecule has 0 saturated carbocycles. The van der Waals surface area contributed by atoms with Gasteiger partial charge in [0, 0.05) is 15.4 Å². The van der Waals surface area contributed by atoms with Gasteiger partial charge in [0.15, 0.2) is 0 Å². The number of rotatable bonds is 0. The molecule has 3 nitrogen and oxygen atoms in total. The lowest BCUT2D eigenvalue weighted by atomic mass is 10.2. The van der Waals surface area contributed by atoms with Crippen molar-refractivity contribution in [2.45, 2.75) is 0 Å². The average molecular weight is 236 g/mol. The molecule has 4 heteroatoms. The molecule has 3 N–H and O–H groups in total. The van der Waals surface area contributed by atoms with Crippen molar-refractivity contribution in [3.63, 3.8) is 0 Å². The second-order valence-corrected chi connectivity index (χ2v) is 3.63. The van der Waals surface area contributed by atoms with E-state index in [1.807, 2.05) is 24.3 Å². The third kappa shape index (κ3) is 1.18. The molecule has 0 atom stereocenters. The van der Waals surface area contributed by atoms with Crippen molar-refractivity contribution in [2.75, 3.05) is 5.73 Å². The maximum absolute atomic E-state index is 8.72. The Morgan fingerprint density at radius 3 is 2.92 bits per heavy atom. The van der Waals surface area contributed by atoms with Crippen molar-refractivity contribution in [2.24, 2.45) is 0 Å². The number of halogens is 1. The van der Waals surface area contributed by atoms with Crippen molar-refractivity contribution in [3.8, 4) is 6.07 Å². The van der Waals surface area contributed by atoms with E-state index >= 15 is 0 Å². The van der Waals surface area contributed by atoms with Crippen LogP contribution in [0.4, 0.5) is 5.69 Å². The lowest BCUT2D eigenvalue weighted by Crippen LogP contribution is -1.85. The van der Waals surface area contributed by atoms with Gasteiger partial charge in [-0.2, -0.15) is 5.26 Å². The fraction of sp³-hybridized carbons (Fsp3) is 0. The first-order chi connectivity index (χ1) is 6.22. The first-order valence-corrected chi connectivity index (χ1v) is 4.48. The second kappa shape index (κ2) is 2.79. The van der Waals surface area contributed by atoms with E-state index in [1.54, 1.807) is 0 Å². The molecule has 0 radical (unpaired) electrons. The van der Waals surface area contributed by atoms with E-state index in [9.17, 15) is 0 Å². The maximum atomic E-state index is 8.72. The Hall–Kier alpha value is -1.47. The van der Waals surface area contributed by atoms with Crippen LogP contribution in [0.15, 0.2) is 22.7 Å². The van der Waals surface area contributed by atoms with Gasteiger partial charge in [-0.3, -0.25) is 0 Å². The van der Waals surface area contributed by atoms with E-state index in [1.165, 1.54) is 0 Å². The van der Waals surface area contributed by atoms with Gasteiger partial charge in [-0.05, 0) is 18.2 Å². The Labute approximate surface area is 83.3 Å². The van der Waals surface area contributed by atoms with Crippen LogP contribution in [0.1, 0.15) is 5.69 Å². The molecule has 1 aromatic heterocycles. The fourth-order valence-electron chi connectivity index (χ4n) is 1.27. The molecule has 13 heavy (non-hydrogen) atoms. The normalized spacial score (nSPS) is 10.2. The van der Waals surface area contributed by atoms with Crippen molar-refractivity contribution in [1.29, 1.82) is 5.26 Å². The van der Waals surface area contributed by atoms with Crippen LogP contribution in [-0.4, -0.2) is 4.98 Å². The molecule has 0 fully saturated rings. The van der Waals surface area contributed by atoms with Crippen LogP contribution in [-0.2, 0) is 0 Å². The predicted molar refractivity (Wildman–Crippen MR) is 55.1 cm³/mol. The number of nitrogens with two attached hydrogens (primary N) is 1. The highest BCUT2D eigenvalue weighted by Gasteiger charge is 2.07. The summed E-state index contributed by atoms with van der Waals surface area (Å²) in [5.41, 5.74) is 7.57. The molecule has 64 valence electrons. The van der Waals surface area contributed by atoms with Gasteiger partial charge in [0.25, 0.3) is 0 Å². The van der Waals surface area contributed by atoms with Gasteiger partial charge in [-0.1, -0.05) is 15.9 Å². The number of fused-ring (bicyclic) bond motifs is 1. The number of aromatic nitrogens is 1. The van der Waals surface area contributed by atoms with Gasteiger partial charge in [-0.25, -0.2) is 0 Å². The molecule has 1 heterocycles. The quantitative estimate of drug-likeness (QED) is 0.737. The van der Waals surface area contributed by atoms with E-state index < -0.39 is 0 Å². The summed E-state index contributed by atoms with van der Waals surface area (Å²) in [4.78, 5) is 2.93. The number of anilines is 1. The highest BCUT2D eigenvalue weighted by atomic mass is 79.9. The monoisotopic (exact) mass is 235 g/mol. The summed E-state index contributed by atoms with van der Waals surface area (Å²) >= 11 is 3.35. The summed E-state index contributed by atoms with van der Waals surface area (Å²) < 4.78 is 0.954. The third-order valence-corrected chi connectivity index (χ3v) is 2.41. The number of nitriles is 1. The minimum Gasteiger partial charge on any atom is -0.396 e. The van der Waals surface area contributed by atoms with Gasteiger partial charge in [-0.15, -0.1) is 0 Å². The number of benzene rings is 1. The molecule has 0 amide bonds. The van der Waals surface area contributed by atoms with E-state index in [0.29, 0.717) is 11.4 Å². The zero-order valence-corrected chi connectivity index (χ0v) is 8.22. The number of nitrogens with zero attached hydrogens (tertiary/aromatic N) is 1. The Kier molecular flexibility index (Phi) is 1.74. The van der Waals surface area contributed by atoms with E-state index in [4.69, 9.17) is 11.0 Å². The van der Waals surface area contributed by atoms with Crippen molar-refractivity contribution in [1.82, 2.24) is 4.98 Å². The summed E-state index contributed by atoms with van der Waals surface area (Å²) in [6.45, 7) is 0. The SMILES string of the molecule is N#Cc1[nH]c2ccc(Br)cc2c1N. The lowest BCUT2D eigenvalue weighted by molar-refractivity contribution is 1.37. The third-order valence-electron chi connectivity index (χ3n) is 1.91. The number of nitrogens with one attached hydrogen (secondary N) is 1. The van der Waals surface area contributed by atoms with Crippen LogP contribution in [0.2, 0.25) is 0 Å². The van der Waals surface area contributed by atoms with Crippen LogP contribution < -0.4 is 5.73 Å². The van der Waals surface area contributed by atoms with Crippen molar-refractivity contribution >= 4 is 32.5 Å². The number of hydrogen-bond donors (Lipinski definition) is 2. The molecule has 0 bridgehead atoms. The Bertz CT molecular complexity index is 507. The van der Waals surface area contributed by atoms with Gasteiger partial charge in [0.2, 0.25) is 0 Å². The minimum atomic E-state index is 0.424. The standard InChI is InChI=1S/C9H6BrN3/c10-5-1-2-7-6(3-5)9(12)8(4-11)13-7/h1-3,13H,12H2. The molecular weight excluding hydrogens is 230 g/mol. The zero-order valence-electron chi connectivity index (χ0n) is 6.63. The molecule has 0 spiro atoms. The number of hydrogen-bond acceptors (Lipinski definition) is 2. The Morgan fingerprint density at radius 1 is 1.46 bits per heavy atom. The predicted octanol–water partition coefficient (Wildman–Crippen LogP) is 2.38. The molecular formula is C9H6BrN3. The van der Waals surface area contributed by atoms with Crippen LogP contribution in [0.3, 0.4) is 0 Å². The smallest absolute Gasteiger partial charge is 0.141 e. The Morgan fingerprint density at radius 2 is 2.23 bits per heavy atom. The fourth-order valence-corrected chi connectivity index (χ4v) is 1.63. The van der Waals surface area contributed by atoms with Crippen LogP contribution >= 0.6 is 15.9 Å². The maximum Gasteiger partial charge on any atom is 0.141 e. The van der Waals surface area contributed by atoms with E-state index in [0.717, 1.165) is 15.4 Å². The van der Waals surface area contributed by atoms with Gasteiger partial charge < -0.3 is 10.7 Å². The van der Waals surface area contributed by atoms with Crippen molar-refractivity contribution < 1.29 is 0 Å². The Balaban J connectivity index is 2.87. The first kappa shape index (κ1) is 8.14. The molecule has 0 aliphatic heterocycles. The molecule has 0 unspecified atom stereocenters. The van der Waals surface area contributed by atoms with Gasteiger partial charge in [0.1, 0.15) is 11.8 Å². The molecule has 2 aromatic rings. The molecule has 2 rings (SSSR count). The van der Waals surface area contributed by atoms with Crippen LogP contribution in [0.25, 0.3) is 10.9 Å². The summed E-state index contributed by atoms with van der Waals surface area (Å²) in [5.74, 6) is 0. The summed E-state index contributed by atoms with van der Waals surface area (Å²) in [6.07, 6.45) is 0. The van der Waals surface area contributed by atoms with Gasteiger partial charge >= 0.3 is 0 Å². The first-order valence-electron chi connectivity index (χ1n) is 3.69. The van der Waals surface area contributed by atoms with E-state index in [-0.39, 0.29) is 0 Å². The molecule has 0 aliphatic rings. The van der Waals surface area contributed by atoms with Crippen LogP contribution in [0, 0.1) is 11.3 Å². The highest BCUT2D eigenvalue weighted by molar-refractivity contribution is 9.10. The van der Waals surface area contributed by atoms with E-state index in [2.05, 4.69) is 20.9 Å². The summed E-state index contributed by atoms with van der Waals surface area (Å²) in [6, 6.07) is 7.69. The number of nitrogen functional groups attached to an aromatic ring is 1. The number of H-pyrrole nitrogens is 1.